The lowest BCUT2D eigenvalue weighted by atomic mass is 10.0. The van der Waals surface area contributed by atoms with Gasteiger partial charge in [-0.25, -0.2) is 0 Å². The molecule has 0 aliphatic heterocycles. The van der Waals surface area contributed by atoms with Gasteiger partial charge in [-0.1, -0.05) is 0 Å². The number of carbonyl (C=O) groups is 2. The molecule has 0 aromatic carbocycles. The summed E-state index contributed by atoms with van der Waals surface area (Å²) in [6, 6.07) is 0. The van der Waals surface area contributed by atoms with Gasteiger partial charge < -0.3 is 20.0 Å². The fourth-order valence-electron chi connectivity index (χ4n) is 1.68. The summed E-state index contributed by atoms with van der Waals surface area (Å²) in [6.45, 7) is 0.410. The van der Waals surface area contributed by atoms with Crippen molar-refractivity contribution in [3.05, 3.63) is 23.5 Å². The van der Waals surface area contributed by atoms with Gasteiger partial charge in [-0.2, -0.15) is 0 Å². The zero-order valence-electron chi connectivity index (χ0n) is 10.6. The minimum atomic E-state index is -0.273. The molecule has 2 N–H and O–H groups in total. The molecule has 1 aliphatic carbocycles. The maximum absolute atomic E-state index is 11.9. The molecule has 0 aromatic heterocycles. The highest BCUT2D eigenvalue weighted by Crippen LogP contribution is 2.16. The number of aliphatic hydroxyl groups excluding tert-OH is 2. The minimum absolute atomic E-state index is 0.0870. The summed E-state index contributed by atoms with van der Waals surface area (Å²) < 4.78 is 0. The Morgan fingerprint density at radius 2 is 1.22 bits per heavy atom. The van der Waals surface area contributed by atoms with Crippen molar-refractivity contribution in [2.45, 2.75) is 0 Å². The van der Waals surface area contributed by atoms with Crippen LogP contribution in [0, 0.1) is 0 Å². The Hall–Kier alpha value is -1.66. The van der Waals surface area contributed by atoms with Crippen LogP contribution >= 0.6 is 0 Å². The van der Waals surface area contributed by atoms with E-state index in [0.29, 0.717) is 13.1 Å². The van der Waals surface area contributed by atoms with Crippen LogP contribution in [-0.2, 0) is 9.59 Å². The first-order valence-corrected chi connectivity index (χ1v) is 5.67. The predicted molar refractivity (Wildman–Crippen MR) is 65.6 cm³/mol. The topological polar surface area (TPSA) is 81.1 Å². The third-order valence-corrected chi connectivity index (χ3v) is 2.73. The number of hydrogen-bond acceptors (Lipinski definition) is 6. The van der Waals surface area contributed by atoms with Gasteiger partial charge in [0.1, 0.15) is 0 Å². The summed E-state index contributed by atoms with van der Waals surface area (Å²) in [6.07, 6.45) is 2.53. The Balaban J connectivity index is 2.86. The molecule has 0 saturated carbocycles. The highest BCUT2D eigenvalue weighted by molar-refractivity contribution is 6.19. The number of allylic oxidation sites excluding steroid dienone is 2. The minimum Gasteiger partial charge on any atom is -0.395 e. The van der Waals surface area contributed by atoms with Crippen molar-refractivity contribution < 1.29 is 19.8 Å². The summed E-state index contributed by atoms with van der Waals surface area (Å²) in [5.41, 5.74) is 0.547. The fraction of sp³-hybridized carbons (Fsp3) is 0.500. The van der Waals surface area contributed by atoms with E-state index in [2.05, 4.69) is 0 Å². The van der Waals surface area contributed by atoms with Gasteiger partial charge in [0.2, 0.25) is 11.6 Å². The van der Waals surface area contributed by atoms with Crippen LogP contribution in [0.1, 0.15) is 0 Å². The monoisotopic (exact) mass is 254 g/mol. The van der Waals surface area contributed by atoms with Crippen molar-refractivity contribution in [3.63, 3.8) is 0 Å². The quantitative estimate of drug-likeness (QED) is 0.577. The second-order valence-electron chi connectivity index (χ2n) is 4.08. The van der Waals surface area contributed by atoms with Crippen molar-refractivity contribution >= 4 is 11.6 Å². The van der Waals surface area contributed by atoms with Crippen LogP contribution in [0.4, 0.5) is 0 Å². The molecule has 0 amide bonds. The highest BCUT2D eigenvalue weighted by atomic mass is 16.3. The van der Waals surface area contributed by atoms with Gasteiger partial charge in [-0.3, -0.25) is 9.59 Å². The predicted octanol–water partition coefficient (Wildman–Crippen LogP) is -1.25. The van der Waals surface area contributed by atoms with Crippen LogP contribution in [0.2, 0.25) is 0 Å². The average Bonchev–Trinajstić information content (AvgIpc) is 2.32. The van der Waals surface area contributed by atoms with Crippen molar-refractivity contribution in [1.82, 2.24) is 9.80 Å². The van der Waals surface area contributed by atoms with Gasteiger partial charge in [-0.15, -0.1) is 0 Å². The van der Waals surface area contributed by atoms with Crippen LogP contribution in [0.5, 0.6) is 0 Å². The molecular weight excluding hydrogens is 236 g/mol. The van der Waals surface area contributed by atoms with Crippen molar-refractivity contribution in [2.75, 3.05) is 40.4 Å². The van der Waals surface area contributed by atoms with Gasteiger partial charge >= 0.3 is 0 Å². The lowest BCUT2D eigenvalue weighted by molar-refractivity contribution is -0.117. The first kappa shape index (κ1) is 14.4. The third-order valence-electron chi connectivity index (χ3n) is 2.73. The first-order chi connectivity index (χ1) is 8.51. The molecule has 6 heteroatoms. The molecule has 0 aromatic rings. The van der Waals surface area contributed by atoms with Crippen LogP contribution in [0.3, 0.4) is 0 Å². The second kappa shape index (κ2) is 6.32. The number of rotatable bonds is 6. The second-order valence-corrected chi connectivity index (χ2v) is 4.08. The van der Waals surface area contributed by atoms with E-state index in [0.717, 1.165) is 0 Å². The summed E-state index contributed by atoms with van der Waals surface area (Å²) in [7, 11) is 3.28. The van der Waals surface area contributed by atoms with Gasteiger partial charge in [0.25, 0.3) is 0 Å². The standard InChI is InChI=1S/C12H18N2O4/c1-13(3-5-15)9-7-12(18)10(8-11(9)17)14(2)4-6-16/h7-8,15-16H,3-6H2,1-2H3. The van der Waals surface area contributed by atoms with E-state index in [1.807, 2.05) is 0 Å². The molecular formula is C12H18N2O4. The summed E-state index contributed by atoms with van der Waals surface area (Å²) in [5.74, 6) is -0.546. The summed E-state index contributed by atoms with van der Waals surface area (Å²) >= 11 is 0. The molecule has 0 saturated heterocycles. The Morgan fingerprint density at radius 1 is 0.889 bits per heavy atom. The van der Waals surface area contributed by atoms with E-state index in [1.165, 1.54) is 12.2 Å². The Morgan fingerprint density at radius 3 is 1.50 bits per heavy atom. The molecule has 0 unspecified atom stereocenters. The first-order valence-electron chi connectivity index (χ1n) is 5.67. The number of nitrogens with zero attached hydrogens (tertiary/aromatic N) is 2. The number of likely N-dealkylation sites (N-methyl/N-ethyl adjacent to an activating group) is 2. The SMILES string of the molecule is CN(CCO)C1=CC(=O)C(N(C)CCO)=CC1=O. The molecule has 6 nitrogen and oxygen atoms in total. The Labute approximate surface area is 106 Å². The number of aliphatic hydroxyl groups is 2. The lowest BCUT2D eigenvalue weighted by Gasteiger charge is -2.25. The van der Waals surface area contributed by atoms with Gasteiger partial charge in [0.05, 0.1) is 24.6 Å². The van der Waals surface area contributed by atoms with Crippen LogP contribution in [0.25, 0.3) is 0 Å². The molecule has 0 spiro atoms. The van der Waals surface area contributed by atoms with E-state index < -0.39 is 0 Å². The van der Waals surface area contributed by atoms with Crippen molar-refractivity contribution in [2.24, 2.45) is 0 Å². The molecule has 1 rings (SSSR count). The maximum Gasteiger partial charge on any atom is 0.204 e. The highest BCUT2D eigenvalue weighted by Gasteiger charge is 2.24. The molecule has 0 bridgehead atoms. The van der Waals surface area contributed by atoms with E-state index in [4.69, 9.17) is 10.2 Å². The number of ketones is 2. The normalized spacial score (nSPS) is 15.3. The zero-order valence-corrected chi connectivity index (χ0v) is 10.6. The molecule has 0 atom stereocenters. The van der Waals surface area contributed by atoms with Crippen molar-refractivity contribution in [3.8, 4) is 0 Å². The molecule has 0 radical (unpaired) electrons. The number of carbonyl (C=O) groups excluding carboxylic acids is 2. The molecule has 18 heavy (non-hydrogen) atoms. The molecule has 0 heterocycles. The molecule has 100 valence electrons. The smallest absolute Gasteiger partial charge is 0.204 e. The summed E-state index contributed by atoms with van der Waals surface area (Å²) in [5, 5.41) is 17.6. The lowest BCUT2D eigenvalue weighted by Crippen LogP contribution is -2.33. The molecule has 1 aliphatic rings. The fourth-order valence-corrected chi connectivity index (χ4v) is 1.68. The van der Waals surface area contributed by atoms with Crippen LogP contribution < -0.4 is 0 Å². The Bertz CT molecular complexity index is 363. The zero-order chi connectivity index (χ0) is 13.7. The van der Waals surface area contributed by atoms with E-state index in [-0.39, 0.29) is 36.2 Å². The maximum atomic E-state index is 11.9. The van der Waals surface area contributed by atoms with E-state index in [9.17, 15) is 9.59 Å². The van der Waals surface area contributed by atoms with Gasteiger partial charge in [0.15, 0.2) is 0 Å². The largest absolute Gasteiger partial charge is 0.395 e. The van der Waals surface area contributed by atoms with Gasteiger partial charge in [-0.05, 0) is 0 Å². The van der Waals surface area contributed by atoms with Gasteiger partial charge in [0, 0.05) is 39.3 Å². The number of hydrogen-bond donors (Lipinski definition) is 2. The summed E-state index contributed by atoms with van der Waals surface area (Å²) in [4.78, 5) is 26.8. The van der Waals surface area contributed by atoms with Crippen LogP contribution in [0.15, 0.2) is 23.5 Å². The molecule has 0 fully saturated rings. The van der Waals surface area contributed by atoms with E-state index >= 15 is 0 Å². The Kier molecular flexibility index (Phi) is 5.06. The van der Waals surface area contributed by atoms with Crippen molar-refractivity contribution in [1.29, 1.82) is 0 Å². The van der Waals surface area contributed by atoms with E-state index in [1.54, 1.807) is 23.9 Å². The van der Waals surface area contributed by atoms with Crippen LogP contribution in [-0.4, -0.2) is 72.0 Å². The third kappa shape index (κ3) is 3.18. The average molecular weight is 254 g/mol.